The third kappa shape index (κ3) is 5.74. The third-order valence-electron chi connectivity index (χ3n) is 2.23. The Morgan fingerprint density at radius 3 is 2.83 bits per heavy atom. The van der Waals surface area contributed by atoms with E-state index in [9.17, 15) is 4.79 Å². The second kappa shape index (κ2) is 8.38. The minimum Gasteiger partial charge on any atom is -0.492 e. The molecule has 0 heterocycles. The molecular weight excluding hydrogens is 319 g/mol. The van der Waals surface area contributed by atoms with Gasteiger partial charge in [0.15, 0.2) is 0 Å². The van der Waals surface area contributed by atoms with E-state index in [2.05, 4.69) is 15.9 Å². The SMILES string of the molecule is CCOC(=O)CCCCOc1ccc(Cl)cc1Br. The first-order valence-corrected chi connectivity index (χ1v) is 7.04. The zero-order valence-electron chi connectivity index (χ0n) is 10.2. The van der Waals surface area contributed by atoms with Crippen LogP contribution in [0, 0.1) is 0 Å². The fourth-order valence-corrected chi connectivity index (χ4v) is 2.18. The number of carbonyl (C=O) groups is 1. The smallest absolute Gasteiger partial charge is 0.305 e. The standard InChI is InChI=1S/C13H16BrClO3/c1-2-17-13(16)5-3-4-8-18-12-7-6-10(15)9-11(12)14/h6-7,9H,2-5,8H2,1H3. The fraction of sp³-hybridized carbons (Fsp3) is 0.462. The van der Waals surface area contributed by atoms with E-state index in [1.54, 1.807) is 19.1 Å². The van der Waals surface area contributed by atoms with E-state index in [-0.39, 0.29) is 5.97 Å². The van der Waals surface area contributed by atoms with Crippen molar-refractivity contribution in [2.24, 2.45) is 0 Å². The summed E-state index contributed by atoms with van der Waals surface area (Å²) in [6, 6.07) is 5.38. The zero-order chi connectivity index (χ0) is 13.4. The summed E-state index contributed by atoms with van der Waals surface area (Å²) >= 11 is 9.20. The lowest BCUT2D eigenvalue weighted by molar-refractivity contribution is -0.143. The minimum atomic E-state index is -0.148. The lowest BCUT2D eigenvalue weighted by Crippen LogP contribution is -2.05. The van der Waals surface area contributed by atoms with Crippen LogP contribution in [0.4, 0.5) is 0 Å². The van der Waals surface area contributed by atoms with Gasteiger partial charge in [-0.1, -0.05) is 11.6 Å². The van der Waals surface area contributed by atoms with Gasteiger partial charge in [0.25, 0.3) is 0 Å². The highest BCUT2D eigenvalue weighted by Crippen LogP contribution is 2.28. The first-order valence-electron chi connectivity index (χ1n) is 5.87. The summed E-state index contributed by atoms with van der Waals surface area (Å²) in [5, 5.41) is 0.663. The van der Waals surface area contributed by atoms with Crippen LogP contribution in [0.1, 0.15) is 26.2 Å². The van der Waals surface area contributed by atoms with E-state index in [0.717, 1.165) is 23.1 Å². The Morgan fingerprint density at radius 2 is 2.17 bits per heavy atom. The van der Waals surface area contributed by atoms with Crippen molar-refractivity contribution in [1.29, 1.82) is 0 Å². The van der Waals surface area contributed by atoms with Gasteiger partial charge in [0.05, 0.1) is 17.7 Å². The number of rotatable bonds is 7. The molecule has 1 aromatic rings. The number of carbonyl (C=O) groups excluding carboxylic acids is 1. The molecule has 100 valence electrons. The van der Waals surface area contributed by atoms with Gasteiger partial charge in [0, 0.05) is 11.4 Å². The number of unbranched alkanes of at least 4 members (excludes halogenated alkanes) is 1. The van der Waals surface area contributed by atoms with Gasteiger partial charge in [-0.3, -0.25) is 4.79 Å². The molecular formula is C13H16BrClO3. The Morgan fingerprint density at radius 1 is 1.39 bits per heavy atom. The zero-order valence-corrected chi connectivity index (χ0v) is 12.6. The maximum absolute atomic E-state index is 11.1. The predicted octanol–water partition coefficient (Wildman–Crippen LogP) is 4.21. The maximum Gasteiger partial charge on any atom is 0.305 e. The second-order valence-corrected chi connectivity index (χ2v) is 4.98. The van der Waals surface area contributed by atoms with Crippen molar-refractivity contribution >= 4 is 33.5 Å². The van der Waals surface area contributed by atoms with Crippen molar-refractivity contribution in [3.8, 4) is 5.75 Å². The topological polar surface area (TPSA) is 35.5 Å². The van der Waals surface area contributed by atoms with Crippen LogP contribution in [0.5, 0.6) is 5.75 Å². The quantitative estimate of drug-likeness (QED) is 0.553. The highest BCUT2D eigenvalue weighted by atomic mass is 79.9. The minimum absolute atomic E-state index is 0.148. The van der Waals surface area contributed by atoms with Crippen LogP contribution in [0.3, 0.4) is 0 Å². The summed E-state index contributed by atoms with van der Waals surface area (Å²) in [5.74, 6) is 0.612. The van der Waals surface area contributed by atoms with Crippen molar-refractivity contribution in [3.63, 3.8) is 0 Å². The van der Waals surface area contributed by atoms with E-state index in [4.69, 9.17) is 21.1 Å². The van der Waals surface area contributed by atoms with E-state index in [1.807, 2.05) is 6.07 Å². The Balaban J connectivity index is 2.20. The van der Waals surface area contributed by atoms with Crippen LogP contribution in [0.15, 0.2) is 22.7 Å². The molecule has 5 heteroatoms. The van der Waals surface area contributed by atoms with E-state index >= 15 is 0 Å². The summed E-state index contributed by atoms with van der Waals surface area (Å²) < 4.78 is 11.2. The monoisotopic (exact) mass is 334 g/mol. The molecule has 0 unspecified atom stereocenters. The molecule has 1 rings (SSSR count). The molecule has 0 saturated carbocycles. The van der Waals surface area contributed by atoms with Crippen molar-refractivity contribution in [2.75, 3.05) is 13.2 Å². The van der Waals surface area contributed by atoms with E-state index in [0.29, 0.717) is 24.7 Å². The van der Waals surface area contributed by atoms with Gasteiger partial charge in [-0.05, 0) is 53.9 Å². The van der Waals surface area contributed by atoms with Crippen molar-refractivity contribution in [3.05, 3.63) is 27.7 Å². The number of benzene rings is 1. The summed E-state index contributed by atoms with van der Waals surface area (Å²) in [6.07, 6.45) is 2.02. The van der Waals surface area contributed by atoms with Crippen LogP contribution in [-0.2, 0) is 9.53 Å². The Bertz CT molecular complexity index is 396. The molecule has 0 atom stereocenters. The van der Waals surface area contributed by atoms with Gasteiger partial charge in [-0.15, -0.1) is 0 Å². The number of ether oxygens (including phenoxy) is 2. The van der Waals surface area contributed by atoms with Gasteiger partial charge >= 0.3 is 5.97 Å². The molecule has 0 bridgehead atoms. The highest BCUT2D eigenvalue weighted by Gasteiger charge is 2.03. The number of esters is 1. The summed E-state index contributed by atoms with van der Waals surface area (Å²) in [7, 11) is 0. The lowest BCUT2D eigenvalue weighted by Gasteiger charge is -2.08. The molecule has 0 aliphatic carbocycles. The molecule has 0 aliphatic rings. The molecule has 0 radical (unpaired) electrons. The number of hydrogen-bond donors (Lipinski definition) is 0. The maximum atomic E-state index is 11.1. The number of halogens is 2. The Labute approximate surface area is 121 Å². The molecule has 0 aromatic heterocycles. The molecule has 1 aromatic carbocycles. The van der Waals surface area contributed by atoms with Crippen molar-refractivity contribution in [1.82, 2.24) is 0 Å². The molecule has 0 saturated heterocycles. The molecule has 0 amide bonds. The predicted molar refractivity (Wildman–Crippen MR) is 75.1 cm³/mol. The molecule has 0 spiro atoms. The van der Waals surface area contributed by atoms with Gasteiger partial charge < -0.3 is 9.47 Å². The molecule has 0 N–H and O–H groups in total. The molecule has 18 heavy (non-hydrogen) atoms. The number of hydrogen-bond acceptors (Lipinski definition) is 3. The lowest BCUT2D eigenvalue weighted by atomic mass is 10.2. The Kier molecular flexibility index (Phi) is 7.13. The van der Waals surface area contributed by atoms with E-state index < -0.39 is 0 Å². The summed E-state index contributed by atoms with van der Waals surface area (Å²) in [5.41, 5.74) is 0. The van der Waals surface area contributed by atoms with Crippen LogP contribution >= 0.6 is 27.5 Å². The van der Waals surface area contributed by atoms with Gasteiger partial charge in [0.2, 0.25) is 0 Å². The van der Waals surface area contributed by atoms with Crippen molar-refractivity contribution < 1.29 is 14.3 Å². The van der Waals surface area contributed by atoms with Crippen molar-refractivity contribution in [2.45, 2.75) is 26.2 Å². The van der Waals surface area contributed by atoms with Crippen LogP contribution < -0.4 is 4.74 Å². The first kappa shape index (κ1) is 15.3. The fourth-order valence-electron chi connectivity index (χ4n) is 1.38. The first-order chi connectivity index (χ1) is 8.63. The average molecular weight is 336 g/mol. The van der Waals surface area contributed by atoms with E-state index in [1.165, 1.54) is 0 Å². The van der Waals surface area contributed by atoms with Gasteiger partial charge in [0.1, 0.15) is 5.75 Å². The largest absolute Gasteiger partial charge is 0.492 e. The van der Waals surface area contributed by atoms with Crippen LogP contribution in [0.25, 0.3) is 0 Å². The third-order valence-corrected chi connectivity index (χ3v) is 3.09. The van der Waals surface area contributed by atoms with Gasteiger partial charge in [-0.25, -0.2) is 0 Å². The molecule has 3 nitrogen and oxygen atoms in total. The molecule has 0 aliphatic heterocycles. The second-order valence-electron chi connectivity index (χ2n) is 3.69. The highest BCUT2D eigenvalue weighted by molar-refractivity contribution is 9.10. The van der Waals surface area contributed by atoms with Crippen LogP contribution in [-0.4, -0.2) is 19.2 Å². The summed E-state index contributed by atoms with van der Waals surface area (Å²) in [4.78, 5) is 11.1. The molecule has 0 fully saturated rings. The average Bonchev–Trinajstić information content (AvgIpc) is 2.31. The normalized spacial score (nSPS) is 10.2. The summed E-state index contributed by atoms with van der Waals surface area (Å²) in [6.45, 7) is 2.81. The van der Waals surface area contributed by atoms with Crippen LogP contribution in [0.2, 0.25) is 5.02 Å². The van der Waals surface area contributed by atoms with Gasteiger partial charge in [-0.2, -0.15) is 0 Å². The Hall–Kier alpha value is -0.740.